The Hall–Kier alpha value is -7.01. The number of carbonyl (C=O) groups excluding carboxylic acids is 6. The maximum Gasteiger partial charge on any atom is 0.320 e. The molecule has 0 aliphatic heterocycles. The van der Waals surface area contributed by atoms with Gasteiger partial charge in [-0.3, -0.25) is 33.3 Å². The number of nitrogens with two attached hydrogens (primary N) is 1. The van der Waals surface area contributed by atoms with Crippen molar-refractivity contribution in [3.05, 3.63) is 70.8 Å². The summed E-state index contributed by atoms with van der Waals surface area (Å²) >= 11 is 0. The van der Waals surface area contributed by atoms with Crippen LogP contribution in [0.3, 0.4) is 0 Å². The van der Waals surface area contributed by atoms with Gasteiger partial charge in [0, 0.05) is 31.0 Å². The van der Waals surface area contributed by atoms with Crippen molar-refractivity contribution in [3.63, 3.8) is 0 Å². The van der Waals surface area contributed by atoms with Crippen LogP contribution >= 0.6 is 0 Å². The normalized spacial score (nSPS) is 14.9. The molecule has 0 radical (unpaired) electrons. The molecule has 2 unspecified atom stereocenters. The number of unbranched alkanes of at least 4 members (excludes halogenated alkanes) is 1. The molecule has 2 aromatic heterocycles. The SMILES string of the molecule is CCCCOc1nc(N)c2nc(O)n(Cc3ccc(C(=O)NCCOCCOCCNC(=O)[C@@H](CCC(=O)OCC)NC(=O)[C@@H](NC(=O)CNC(=O)C4CC4c4ccc(F)c(F)c4)C(C)C)cc3)c2n1. The second kappa shape index (κ2) is 26.7. The van der Waals surface area contributed by atoms with Gasteiger partial charge in [0.2, 0.25) is 23.6 Å². The van der Waals surface area contributed by atoms with Crippen molar-refractivity contribution in [1.82, 2.24) is 46.1 Å². The standard InChI is InChI=1S/C47H62F2N10O11/c1-5-7-18-70-46-57-40(50)39-41(58-46)59(47(66)56-39)26-28-8-10-29(11-9-28)42(62)51-16-19-67-21-22-68-20-17-52-44(64)35(14-15-37(61)69-6-2)54-45(65)38(27(3)4)55-36(60)25-53-43(63)32-24-31(32)30-12-13-33(48)34(49)23-30/h8-13,23,27,31-32,35,38H,5-7,14-22,24-26H2,1-4H3,(H,51,62)(H,52,64)(H,53,63)(H,54,65)(H,55,60)(H,56,66)(H2,50,57,58)/t31?,32?,35-,38+/m1/s1. The van der Waals surface area contributed by atoms with Crippen LogP contribution in [0.2, 0.25) is 0 Å². The minimum atomic E-state index is -1.17. The number of hydrogen-bond acceptors (Lipinski definition) is 15. The van der Waals surface area contributed by atoms with Gasteiger partial charge in [-0.15, -0.1) is 0 Å². The molecule has 21 nitrogen and oxygen atoms in total. The number of rotatable bonds is 29. The smallest absolute Gasteiger partial charge is 0.320 e. The zero-order chi connectivity index (χ0) is 50.7. The predicted octanol–water partition coefficient (Wildman–Crippen LogP) is 2.39. The van der Waals surface area contributed by atoms with Gasteiger partial charge in [0.05, 0.1) is 52.7 Å². The van der Waals surface area contributed by atoms with Crippen LogP contribution in [0.25, 0.3) is 11.2 Å². The Balaban J connectivity index is 0.980. The van der Waals surface area contributed by atoms with Crippen LogP contribution in [-0.4, -0.2) is 131 Å². The number of nitrogen functional groups attached to an aromatic ring is 1. The van der Waals surface area contributed by atoms with Gasteiger partial charge in [0.1, 0.15) is 12.1 Å². The highest BCUT2D eigenvalue weighted by Crippen LogP contribution is 2.47. The number of aromatic nitrogens is 4. The van der Waals surface area contributed by atoms with E-state index in [1.807, 2.05) is 6.92 Å². The summed E-state index contributed by atoms with van der Waals surface area (Å²) in [4.78, 5) is 89.8. The number of anilines is 1. The zero-order valence-corrected chi connectivity index (χ0v) is 39.7. The van der Waals surface area contributed by atoms with Gasteiger partial charge in [0.25, 0.3) is 11.9 Å². The fourth-order valence-electron chi connectivity index (χ4n) is 7.16. The van der Waals surface area contributed by atoms with E-state index in [9.17, 15) is 42.7 Å². The zero-order valence-electron chi connectivity index (χ0n) is 39.7. The third-order valence-corrected chi connectivity index (χ3v) is 11.1. The summed E-state index contributed by atoms with van der Waals surface area (Å²) in [6, 6.07) is 7.76. The molecule has 0 saturated heterocycles. The Kier molecular flexibility index (Phi) is 20.5. The number of nitrogens with one attached hydrogen (secondary N) is 5. The molecule has 70 heavy (non-hydrogen) atoms. The number of ether oxygens (including phenoxy) is 4. The number of esters is 1. The van der Waals surface area contributed by atoms with Gasteiger partial charge in [-0.1, -0.05) is 45.4 Å². The van der Waals surface area contributed by atoms with E-state index in [1.54, 1.807) is 45.0 Å². The third-order valence-electron chi connectivity index (χ3n) is 11.1. The Morgan fingerprint density at radius 3 is 2.24 bits per heavy atom. The molecule has 0 bridgehead atoms. The van der Waals surface area contributed by atoms with Gasteiger partial charge >= 0.3 is 12.0 Å². The number of imidazole rings is 1. The number of amides is 5. The first-order valence-electron chi connectivity index (χ1n) is 23.2. The first kappa shape index (κ1) is 53.9. The number of aromatic hydroxyl groups is 1. The highest BCUT2D eigenvalue weighted by atomic mass is 19.2. The Labute approximate surface area is 403 Å². The van der Waals surface area contributed by atoms with Crippen molar-refractivity contribution in [1.29, 1.82) is 0 Å². The van der Waals surface area contributed by atoms with E-state index in [2.05, 4.69) is 41.5 Å². The summed E-state index contributed by atoms with van der Waals surface area (Å²) in [5.41, 5.74) is 8.26. The number of fused-ring (bicyclic) bond motifs is 1. The maximum atomic E-state index is 13.7. The van der Waals surface area contributed by atoms with Crippen molar-refractivity contribution in [2.75, 3.05) is 65.0 Å². The van der Waals surface area contributed by atoms with Gasteiger partial charge in [0.15, 0.2) is 28.6 Å². The van der Waals surface area contributed by atoms with Crippen LogP contribution in [0.1, 0.15) is 87.2 Å². The van der Waals surface area contributed by atoms with Gasteiger partial charge in [-0.25, -0.2) is 8.78 Å². The summed E-state index contributed by atoms with van der Waals surface area (Å²) in [7, 11) is 0. The van der Waals surface area contributed by atoms with Crippen LogP contribution in [0.4, 0.5) is 14.6 Å². The summed E-state index contributed by atoms with van der Waals surface area (Å²) in [6.07, 6.45) is 1.88. The van der Waals surface area contributed by atoms with Gasteiger partial charge in [-0.05, 0) is 73.4 Å². The summed E-state index contributed by atoms with van der Waals surface area (Å²) in [6.45, 7) is 8.25. The molecule has 2 heterocycles. The number of hydrogen-bond donors (Lipinski definition) is 7. The molecule has 1 fully saturated rings. The first-order valence-corrected chi connectivity index (χ1v) is 23.2. The highest BCUT2D eigenvalue weighted by Gasteiger charge is 2.44. The maximum absolute atomic E-state index is 13.7. The predicted molar refractivity (Wildman–Crippen MR) is 249 cm³/mol. The largest absolute Gasteiger partial charge is 0.480 e. The van der Waals surface area contributed by atoms with Crippen molar-refractivity contribution in [2.45, 2.75) is 84.3 Å². The van der Waals surface area contributed by atoms with Crippen molar-refractivity contribution >= 4 is 52.5 Å². The molecule has 380 valence electrons. The minimum absolute atomic E-state index is 0.0551. The molecular weight excluding hydrogens is 919 g/mol. The third kappa shape index (κ3) is 16.0. The van der Waals surface area contributed by atoms with Crippen LogP contribution in [0.5, 0.6) is 12.0 Å². The Morgan fingerprint density at radius 1 is 0.857 bits per heavy atom. The number of nitrogens with zero attached hydrogens (tertiary/aromatic N) is 4. The molecule has 1 saturated carbocycles. The van der Waals surface area contributed by atoms with Crippen LogP contribution in [0, 0.1) is 23.5 Å². The molecule has 1 aliphatic rings. The molecule has 5 rings (SSSR count). The minimum Gasteiger partial charge on any atom is -0.480 e. The molecular formula is C47H62F2N10O11. The molecule has 4 aromatic rings. The van der Waals surface area contributed by atoms with Crippen molar-refractivity contribution < 1.29 is 61.6 Å². The fraction of sp³-hybridized carbons (Fsp3) is 0.511. The lowest BCUT2D eigenvalue weighted by Gasteiger charge is -2.25. The van der Waals surface area contributed by atoms with Crippen LogP contribution in [-0.2, 0) is 44.7 Å². The molecule has 8 N–H and O–H groups in total. The second-order valence-corrected chi connectivity index (χ2v) is 16.8. The van der Waals surface area contributed by atoms with Crippen molar-refractivity contribution in [3.8, 4) is 12.0 Å². The molecule has 4 atom stereocenters. The number of carbonyl (C=O) groups is 6. The Morgan fingerprint density at radius 2 is 1.57 bits per heavy atom. The van der Waals surface area contributed by atoms with E-state index >= 15 is 0 Å². The molecule has 1 aliphatic carbocycles. The summed E-state index contributed by atoms with van der Waals surface area (Å²) in [5, 5.41) is 23.7. The molecule has 2 aromatic carbocycles. The average molecular weight is 981 g/mol. The molecule has 0 spiro atoms. The molecule has 5 amide bonds. The number of benzene rings is 2. The van der Waals surface area contributed by atoms with E-state index in [4.69, 9.17) is 24.7 Å². The second-order valence-electron chi connectivity index (χ2n) is 16.8. The topological polar surface area (TPSA) is 289 Å². The lowest BCUT2D eigenvalue weighted by atomic mass is 10.0. The first-order chi connectivity index (χ1) is 33.6. The van der Waals surface area contributed by atoms with E-state index in [0.29, 0.717) is 29.8 Å². The summed E-state index contributed by atoms with van der Waals surface area (Å²) in [5.74, 6) is -6.48. The lowest BCUT2D eigenvalue weighted by Crippen LogP contribution is -2.56. The quantitative estimate of drug-likeness (QED) is 0.0304. The van der Waals surface area contributed by atoms with E-state index in [-0.39, 0.29) is 101 Å². The monoisotopic (exact) mass is 980 g/mol. The van der Waals surface area contributed by atoms with E-state index in [1.165, 1.54) is 10.6 Å². The summed E-state index contributed by atoms with van der Waals surface area (Å²) < 4.78 is 50.2. The number of halogens is 2. The Bertz CT molecular complexity index is 2440. The van der Waals surface area contributed by atoms with E-state index in [0.717, 1.165) is 30.5 Å². The highest BCUT2D eigenvalue weighted by molar-refractivity contribution is 5.95. The van der Waals surface area contributed by atoms with Crippen LogP contribution in [0.15, 0.2) is 42.5 Å². The van der Waals surface area contributed by atoms with Gasteiger partial charge in [-0.2, -0.15) is 15.0 Å². The van der Waals surface area contributed by atoms with Gasteiger partial charge < -0.3 is 56.4 Å². The van der Waals surface area contributed by atoms with E-state index < -0.39 is 71.7 Å². The average Bonchev–Trinajstić information content (AvgIpc) is 4.08. The fourth-order valence-corrected chi connectivity index (χ4v) is 7.16. The van der Waals surface area contributed by atoms with Crippen LogP contribution < -0.4 is 37.1 Å². The van der Waals surface area contributed by atoms with Crippen molar-refractivity contribution in [2.24, 2.45) is 11.8 Å². The molecule has 23 heteroatoms. The lowest BCUT2D eigenvalue weighted by molar-refractivity contribution is -0.143.